The second kappa shape index (κ2) is 16.7. The first kappa shape index (κ1) is 32.8. The fourth-order valence-electron chi connectivity index (χ4n) is 5.10. The van der Waals surface area contributed by atoms with E-state index in [0.717, 1.165) is 30.4 Å². The number of ether oxygens (including phenoxy) is 2. The summed E-state index contributed by atoms with van der Waals surface area (Å²) in [5.74, 6) is 0.409. The Bertz CT molecular complexity index is 1570. The fraction of sp³-hybridized carbons (Fsp3) is 0.375. The molecule has 0 bridgehead atoms. The summed E-state index contributed by atoms with van der Waals surface area (Å²) in [7, 11) is 0. The molecule has 45 heavy (non-hydrogen) atoms. The molecule has 0 aliphatic carbocycles. The van der Waals surface area contributed by atoms with Gasteiger partial charge in [0.2, 0.25) is 5.90 Å². The van der Waals surface area contributed by atoms with Gasteiger partial charge in [-0.1, -0.05) is 78.5 Å². The van der Waals surface area contributed by atoms with Gasteiger partial charge in [0.05, 0.1) is 13.2 Å². The number of nitrogens with zero attached hydrogens (tertiary/aromatic N) is 7. The molecule has 3 aromatic carbocycles. The Balaban J connectivity index is 1.83. The van der Waals surface area contributed by atoms with Gasteiger partial charge in [-0.2, -0.15) is 0 Å². The molecule has 0 radical (unpaired) electrons. The highest BCUT2D eigenvalue weighted by atomic mass is 16.5. The summed E-state index contributed by atoms with van der Waals surface area (Å²) in [6, 6.07) is 21.5. The SMILES string of the molecule is CCCCCNNC(=O)[C@@]1(Cc2ccccc2CN=[N+]=[N-])N=C(c2ccc(OCCCO)cc2)O[C@H]1c1ccccc1N=[N+]=[N-]. The van der Waals surface area contributed by atoms with Crippen molar-refractivity contribution in [2.45, 2.75) is 57.2 Å². The monoisotopic (exact) mass is 611 g/mol. The summed E-state index contributed by atoms with van der Waals surface area (Å²) >= 11 is 0. The number of hydrogen-bond acceptors (Lipinski definition) is 8. The number of hydrazine groups is 1. The Morgan fingerprint density at radius 1 is 1.02 bits per heavy atom. The number of aliphatic hydroxyl groups is 1. The van der Waals surface area contributed by atoms with Crippen LogP contribution in [0.5, 0.6) is 5.75 Å². The van der Waals surface area contributed by atoms with E-state index in [9.17, 15) is 10.3 Å². The number of carbonyl (C=O) groups is 1. The zero-order valence-electron chi connectivity index (χ0n) is 25.2. The molecule has 0 fully saturated rings. The van der Waals surface area contributed by atoms with Crippen molar-refractivity contribution < 1.29 is 19.4 Å². The lowest BCUT2D eigenvalue weighted by atomic mass is 9.80. The number of azide groups is 2. The second-order valence-corrected chi connectivity index (χ2v) is 10.5. The first-order chi connectivity index (χ1) is 22.1. The number of rotatable bonds is 17. The Morgan fingerprint density at radius 3 is 2.51 bits per heavy atom. The van der Waals surface area contributed by atoms with Gasteiger partial charge in [-0.05, 0) is 52.9 Å². The van der Waals surface area contributed by atoms with E-state index in [4.69, 9.17) is 25.1 Å². The van der Waals surface area contributed by atoms with Crippen LogP contribution in [-0.4, -0.2) is 42.2 Å². The second-order valence-electron chi connectivity index (χ2n) is 10.5. The molecule has 1 amide bonds. The molecule has 0 saturated carbocycles. The standard InChI is InChI=1S/C32H37N9O4/c1-2-3-8-18-35-39-31(43)32(21-24-10-4-5-11-25(24)22-36-40-33)29(27-12-6-7-13-28(27)38-41-34)45-30(37-32)23-14-16-26(17-15-23)44-20-9-19-42/h4-7,10-17,29,35,42H,2-3,8-9,18-22H2,1H3,(H,39,43)/t29-,32-/m0/s1. The highest BCUT2D eigenvalue weighted by molar-refractivity contribution is 6.01. The van der Waals surface area contributed by atoms with E-state index in [0.29, 0.717) is 42.1 Å². The van der Waals surface area contributed by atoms with Crippen LogP contribution in [0.1, 0.15) is 61.0 Å². The third-order valence-corrected chi connectivity index (χ3v) is 7.39. The molecule has 0 unspecified atom stereocenters. The van der Waals surface area contributed by atoms with Gasteiger partial charge in [-0.25, -0.2) is 10.4 Å². The molecule has 1 heterocycles. The van der Waals surface area contributed by atoms with Gasteiger partial charge in [0.1, 0.15) is 5.75 Å². The first-order valence-corrected chi connectivity index (χ1v) is 14.9. The first-order valence-electron chi connectivity index (χ1n) is 14.9. The third-order valence-electron chi connectivity index (χ3n) is 7.39. The third kappa shape index (κ3) is 8.31. The normalized spacial score (nSPS) is 16.9. The predicted molar refractivity (Wildman–Crippen MR) is 171 cm³/mol. The van der Waals surface area contributed by atoms with E-state index in [1.54, 1.807) is 48.5 Å². The molecule has 0 saturated heterocycles. The molecule has 234 valence electrons. The number of unbranched alkanes of at least 4 members (excludes halogenated alkanes) is 2. The van der Waals surface area contributed by atoms with Crippen LogP contribution in [0.25, 0.3) is 20.9 Å². The zero-order valence-corrected chi connectivity index (χ0v) is 25.2. The van der Waals surface area contributed by atoms with Crippen molar-refractivity contribution in [3.05, 3.63) is 116 Å². The van der Waals surface area contributed by atoms with Gasteiger partial charge < -0.3 is 14.6 Å². The number of nitrogens with one attached hydrogen (secondary N) is 2. The average Bonchev–Trinajstić information content (AvgIpc) is 3.45. The van der Waals surface area contributed by atoms with E-state index in [1.807, 2.05) is 24.3 Å². The molecule has 0 spiro atoms. The van der Waals surface area contributed by atoms with E-state index < -0.39 is 17.6 Å². The molecule has 4 rings (SSSR count). The highest BCUT2D eigenvalue weighted by Gasteiger charge is 2.54. The average molecular weight is 612 g/mol. The zero-order chi connectivity index (χ0) is 31.9. The number of aliphatic hydroxyl groups excluding tert-OH is 1. The van der Waals surface area contributed by atoms with Crippen molar-refractivity contribution >= 4 is 17.5 Å². The van der Waals surface area contributed by atoms with Gasteiger partial charge in [0, 0.05) is 52.6 Å². The maximum absolute atomic E-state index is 14.4. The van der Waals surface area contributed by atoms with Crippen LogP contribution in [0.2, 0.25) is 0 Å². The van der Waals surface area contributed by atoms with Gasteiger partial charge in [0.15, 0.2) is 11.6 Å². The van der Waals surface area contributed by atoms with E-state index in [1.165, 1.54) is 0 Å². The quantitative estimate of drug-likeness (QED) is 0.0514. The van der Waals surface area contributed by atoms with Crippen LogP contribution >= 0.6 is 0 Å². The molecule has 1 aliphatic rings. The van der Waals surface area contributed by atoms with Crippen LogP contribution in [-0.2, 0) is 22.5 Å². The maximum atomic E-state index is 14.4. The van der Waals surface area contributed by atoms with Crippen LogP contribution < -0.4 is 15.6 Å². The van der Waals surface area contributed by atoms with Gasteiger partial charge in [-0.15, -0.1) is 0 Å². The van der Waals surface area contributed by atoms with Crippen LogP contribution in [0.15, 0.2) is 88.0 Å². The molecule has 13 heteroatoms. The number of amides is 1. The molecular formula is C32H37N9O4. The fourth-order valence-corrected chi connectivity index (χ4v) is 5.10. The van der Waals surface area contributed by atoms with Crippen molar-refractivity contribution in [3.8, 4) is 5.75 Å². The summed E-state index contributed by atoms with van der Waals surface area (Å²) in [4.78, 5) is 25.3. The van der Waals surface area contributed by atoms with E-state index in [2.05, 4.69) is 37.8 Å². The topological polar surface area (TPSA) is 190 Å². The minimum Gasteiger partial charge on any atom is -0.494 e. The van der Waals surface area contributed by atoms with Crippen molar-refractivity contribution in [2.75, 3.05) is 19.8 Å². The lowest BCUT2D eigenvalue weighted by Crippen LogP contribution is -2.54. The van der Waals surface area contributed by atoms with Crippen molar-refractivity contribution in [1.29, 1.82) is 0 Å². The van der Waals surface area contributed by atoms with Crippen LogP contribution in [0, 0.1) is 0 Å². The molecule has 2 atom stereocenters. The molecule has 1 aliphatic heterocycles. The smallest absolute Gasteiger partial charge is 0.266 e. The van der Waals surface area contributed by atoms with Crippen molar-refractivity contribution in [3.63, 3.8) is 0 Å². The highest BCUT2D eigenvalue weighted by Crippen LogP contribution is 2.45. The Morgan fingerprint density at radius 2 is 1.78 bits per heavy atom. The molecule has 0 aromatic heterocycles. The predicted octanol–water partition coefficient (Wildman–Crippen LogP) is 6.51. The van der Waals surface area contributed by atoms with Crippen LogP contribution in [0.4, 0.5) is 5.69 Å². The molecule has 3 aromatic rings. The van der Waals surface area contributed by atoms with Gasteiger partial charge in [0.25, 0.3) is 5.91 Å². The minimum absolute atomic E-state index is 0.0328. The number of carbonyl (C=O) groups excluding carboxylic acids is 1. The summed E-state index contributed by atoms with van der Waals surface area (Å²) in [5.41, 5.74) is 25.6. The van der Waals surface area contributed by atoms with Gasteiger partial charge in [-0.3, -0.25) is 10.2 Å². The Labute approximate surface area is 261 Å². The summed E-state index contributed by atoms with van der Waals surface area (Å²) in [6.07, 6.45) is 2.53. The molecular weight excluding hydrogens is 574 g/mol. The molecule has 3 N–H and O–H groups in total. The van der Waals surface area contributed by atoms with Gasteiger partial charge >= 0.3 is 0 Å². The van der Waals surface area contributed by atoms with E-state index in [-0.39, 0.29) is 25.5 Å². The summed E-state index contributed by atoms with van der Waals surface area (Å²) in [6.45, 7) is 3.17. The van der Waals surface area contributed by atoms with Crippen LogP contribution in [0.3, 0.4) is 0 Å². The number of benzene rings is 3. The lowest BCUT2D eigenvalue weighted by molar-refractivity contribution is -0.130. The van der Waals surface area contributed by atoms with E-state index >= 15 is 0 Å². The number of aliphatic imine (C=N–C) groups is 1. The largest absolute Gasteiger partial charge is 0.494 e. The maximum Gasteiger partial charge on any atom is 0.266 e. The number of hydrogen-bond donors (Lipinski definition) is 3. The van der Waals surface area contributed by atoms with Crippen molar-refractivity contribution in [1.82, 2.24) is 10.9 Å². The Kier molecular flexibility index (Phi) is 12.2. The Hall–Kier alpha value is -5.06. The lowest BCUT2D eigenvalue weighted by Gasteiger charge is -2.32. The summed E-state index contributed by atoms with van der Waals surface area (Å²) in [5, 5.41) is 16.7. The minimum atomic E-state index is -1.56. The van der Waals surface area contributed by atoms with Crippen molar-refractivity contribution in [2.24, 2.45) is 15.2 Å². The summed E-state index contributed by atoms with van der Waals surface area (Å²) < 4.78 is 12.2. The molecule has 13 nitrogen and oxygen atoms in total.